The van der Waals surface area contributed by atoms with Crippen LogP contribution in [0.1, 0.15) is 31.0 Å². The van der Waals surface area contributed by atoms with Crippen LogP contribution in [0.3, 0.4) is 0 Å². The molecule has 1 aromatic rings. The quantitative estimate of drug-likeness (QED) is 0.764. The van der Waals surface area contributed by atoms with Crippen molar-refractivity contribution in [1.29, 1.82) is 0 Å². The molecule has 82 valence electrons. The third kappa shape index (κ3) is 3.01. The number of halogens is 2. The number of ether oxygens (including phenoxy) is 1. The summed E-state index contributed by atoms with van der Waals surface area (Å²) in [4.78, 5) is 3.92. The van der Waals surface area contributed by atoms with E-state index in [0.29, 0.717) is 11.3 Å². The zero-order valence-electron chi connectivity index (χ0n) is 8.71. The summed E-state index contributed by atoms with van der Waals surface area (Å²) in [5.41, 5.74) is 1.36. The molecule has 0 saturated heterocycles. The van der Waals surface area contributed by atoms with Gasteiger partial charge in [0.1, 0.15) is 5.75 Å². The Bertz CT molecular complexity index is 350. The third-order valence-corrected chi connectivity index (χ3v) is 1.97. The van der Waals surface area contributed by atoms with Gasteiger partial charge in [-0.2, -0.15) is 8.78 Å². The van der Waals surface area contributed by atoms with E-state index in [1.54, 1.807) is 12.1 Å². The van der Waals surface area contributed by atoms with E-state index in [2.05, 4.69) is 16.3 Å². The monoisotopic (exact) mass is 213 g/mol. The predicted molar refractivity (Wildman–Crippen MR) is 55.0 cm³/mol. The van der Waals surface area contributed by atoms with Crippen molar-refractivity contribution in [3.8, 4) is 5.75 Å². The standard InChI is InChI=1S/C11H13F2NO/c1-4-8-5-9(7(2)3)10(6-14-8)15-11(12)13/h4-7,11H,1H2,2-3H3. The van der Waals surface area contributed by atoms with Gasteiger partial charge in [-0.3, -0.25) is 4.98 Å². The number of hydrogen-bond donors (Lipinski definition) is 0. The van der Waals surface area contributed by atoms with Crippen molar-refractivity contribution in [2.75, 3.05) is 0 Å². The highest BCUT2D eigenvalue weighted by Gasteiger charge is 2.13. The van der Waals surface area contributed by atoms with Gasteiger partial charge in [0.2, 0.25) is 0 Å². The summed E-state index contributed by atoms with van der Waals surface area (Å²) in [6, 6.07) is 1.70. The number of pyridine rings is 1. The highest BCUT2D eigenvalue weighted by atomic mass is 19.3. The van der Waals surface area contributed by atoms with Crippen molar-refractivity contribution < 1.29 is 13.5 Å². The van der Waals surface area contributed by atoms with Gasteiger partial charge in [0.25, 0.3) is 0 Å². The van der Waals surface area contributed by atoms with E-state index >= 15 is 0 Å². The highest BCUT2D eigenvalue weighted by Crippen LogP contribution is 2.27. The molecule has 0 aromatic carbocycles. The fourth-order valence-electron chi connectivity index (χ4n) is 1.23. The first kappa shape index (κ1) is 11.6. The van der Waals surface area contributed by atoms with Gasteiger partial charge < -0.3 is 4.74 Å². The lowest BCUT2D eigenvalue weighted by atomic mass is 10.0. The molecular weight excluding hydrogens is 200 g/mol. The maximum Gasteiger partial charge on any atom is 0.387 e. The second kappa shape index (κ2) is 4.87. The molecule has 0 N–H and O–H groups in total. The van der Waals surface area contributed by atoms with E-state index in [0.717, 1.165) is 0 Å². The van der Waals surface area contributed by atoms with Crippen molar-refractivity contribution in [1.82, 2.24) is 4.98 Å². The summed E-state index contributed by atoms with van der Waals surface area (Å²) < 4.78 is 28.5. The van der Waals surface area contributed by atoms with Crippen molar-refractivity contribution in [3.63, 3.8) is 0 Å². The molecule has 0 saturated carbocycles. The SMILES string of the molecule is C=Cc1cc(C(C)C)c(OC(F)F)cn1. The topological polar surface area (TPSA) is 22.1 Å². The Hall–Kier alpha value is -1.45. The second-order valence-electron chi connectivity index (χ2n) is 3.38. The normalized spacial score (nSPS) is 10.8. The fraction of sp³-hybridized carbons (Fsp3) is 0.364. The van der Waals surface area contributed by atoms with Gasteiger partial charge in [-0.15, -0.1) is 0 Å². The van der Waals surface area contributed by atoms with Crippen LogP contribution in [0, 0.1) is 0 Å². The van der Waals surface area contributed by atoms with Crippen LogP contribution < -0.4 is 4.74 Å². The molecule has 0 spiro atoms. The Kier molecular flexibility index (Phi) is 3.77. The first-order valence-electron chi connectivity index (χ1n) is 4.61. The van der Waals surface area contributed by atoms with Gasteiger partial charge in [0, 0.05) is 5.56 Å². The van der Waals surface area contributed by atoms with Gasteiger partial charge in [0.15, 0.2) is 0 Å². The average molecular weight is 213 g/mol. The fourth-order valence-corrected chi connectivity index (χ4v) is 1.23. The van der Waals surface area contributed by atoms with Crippen LogP contribution in [0.5, 0.6) is 5.75 Å². The Balaban J connectivity index is 3.09. The maximum atomic E-state index is 12.1. The molecule has 4 heteroatoms. The molecule has 0 aliphatic rings. The molecule has 1 rings (SSSR count). The molecule has 0 fully saturated rings. The van der Waals surface area contributed by atoms with E-state index in [-0.39, 0.29) is 11.7 Å². The second-order valence-corrected chi connectivity index (χ2v) is 3.38. The number of hydrogen-bond acceptors (Lipinski definition) is 2. The van der Waals surface area contributed by atoms with E-state index in [1.807, 2.05) is 13.8 Å². The van der Waals surface area contributed by atoms with Gasteiger partial charge >= 0.3 is 6.61 Å². The molecule has 1 aromatic heterocycles. The van der Waals surface area contributed by atoms with Crippen LogP contribution in [-0.2, 0) is 0 Å². The van der Waals surface area contributed by atoms with Crippen LogP contribution in [0.25, 0.3) is 6.08 Å². The summed E-state index contributed by atoms with van der Waals surface area (Å²) in [6.45, 7) is 4.56. The highest BCUT2D eigenvalue weighted by molar-refractivity contribution is 5.47. The average Bonchev–Trinajstić information content (AvgIpc) is 2.17. The Morgan fingerprint density at radius 2 is 2.13 bits per heavy atom. The molecule has 0 bridgehead atoms. The van der Waals surface area contributed by atoms with Gasteiger partial charge in [-0.05, 0) is 18.1 Å². The Labute approximate surface area is 87.6 Å². The zero-order chi connectivity index (χ0) is 11.4. The molecule has 0 unspecified atom stereocenters. The van der Waals surface area contributed by atoms with Gasteiger partial charge in [-0.25, -0.2) is 0 Å². The zero-order valence-corrected chi connectivity index (χ0v) is 8.71. The summed E-state index contributed by atoms with van der Waals surface area (Å²) in [5, 5.41) is 0. The minimum atomic E-state index is -2.82. The lowest BCUT2D eigenvalue weighted by Crippen LogP contribution is -2.06. The minimum Gasteiger partial charge on any atom is -0.433 e. The van der Waals surface area contributed by atoms with Crippen LogP contribution in [0.4, 0.5) is 8.78 Å². The van der Waals surface area contributed by atoms with Crippen LogP contribution in [-0.4, -0.2) is 11.6 Å². The van der Waals surface area contributed by atoms with Crippen LogP contribution in [0.2, 0.25) is 0 Å². The molecule has 0 aliphatic carbocycles. The minimum absolute atomic E-state index is 0.0976. The van der Waals surface area contributed by atoms with Crippen molar-refractivity contribution in [3.05, 3.63) is 30.1 Å². The molecule has 15 heavy (non-hydrogen) atoms. The Morgan fingerprint density at radius 3 is 2.60 bits per heavy atom. The van der Waals surface area contributed by atoms with Crippen molar-refractivity contribution in [2.45, 2.75) is 26.4 Å². The van der Waals surface area contributed by atoms with E-state index in [4.69, 9.17) is 0 Å². The van der Waals surface area contributed by atoms with E-state index in [1.165, 1.54) is 6.20 Å². The first-order valence-corrected chi connectivity index (χ1v) is 4.61. The van der Waals surface area contributed by atoms with Crippen molar-refractivity contribution >= 4 is 6.08 Å². The van der Waals surface area contributed by atoms with Gasteiger partial charge in [0.05, 0.1) is 11.9 Å². The first-order chi connectivity index (χ1) is 7.04. The van der Waals surface area contributed by atoms with E-state index < -0.39 is 6.61 Å². The summed E-state index contributed by atoms with van der Waals surface area (Å²) in [7, 11) is 0. The van der Waals surface area contributed by atoms with Crippen molar-refractivity contribution in [2.24, 2.45) is 0 Å². The summed E-state index contributed by atoms with van der Waals surface area (Å²) >= 11 is 0. The number of nitrogens with zero attached hydrogens (tertiary/aromatic N) is 1. The van der Waals surface area contributed by atoms with Crippen LogP contribution >= 0.6 is 0 Å². The molecule has 0 amide bonds. The molecule has 0 atom stereocenters. The number of rotatable bonds is 4. The van der Waals surface area contributed by atoms with E-state index in [9.17, 15) is 8.78 Å². The molecule has 0 radical (unpaired) electrons. The smallest absolute Gasteiger partial charge is 0.387 e. The number of alkyl halides is 2. The lowest BCUT2D eigenvalue weighted by molar-refractivity contribution is -0.0508. The number of aromatic nitrogens is 1. The molecule has 1 heterocycles. The largest absolute Gasteiger partial charge is 0.433 e. The third-order valence-electron chi connectivity index (χ3n) is 1.97. The van der Waals surface area contributed by atoms with Crippen LogP contribution in [0.15, 0.2) is 18.8 Å². The maximum absolute atomic E-state index is 12.1. The summed E-state index contributed by atoms with van der Waals surface area (Å²) in [5.74, 6) is 0.228. The lowest BCUT2D eigenvalue weighted by Gasteiger charge is -2.13. The molecule has 0 aliphatic heterocycles. The molecule has 2 nitrogen and oxygen atoms in total. The Morgan fingerprint density at radius 1 is 1.47 bits per heavy atom. The predicted octanol–water partition coefficient (Wildman–Crippen LogP) is 3.45. The molecular formula is C11H13F2NO. The van der Waals surface area contributed by atoms with Gasteiger partial charge in [-0.1, -0.05) is 20.4 Å². The summed E-state index contributed by atoms with van der Waals surface area (Å²) in [6.07, 6.45) is 2.87.